The van der Waals surface area contributed by atoms with Crippen LogP contribution in [0.1, 0.15) is 165 Å². The van der Waals surface area contributed by atoms with Crippen molar-refractivity contribution >= 4 is 35.3 Å². The molecule has 2 N–H and O–H groups in total. The van der Waals surface area contributed by atoms with Crippen molar-refractivity contribution in [1.29, 1.82) is 0 Å². The van der Waals surface area contributed by atoms with Gasteiger partial charge < -0.3 is 39.3 Å². The van der Waals surface area contributed by atoms with E-state index in [-0.39, 0.29) is 94.5 Å². The lowest BCUT2D eigenvalue weighted by atomic mass is 9.71. The van der Waals surface area contributed by atoms with Crippen LogP contribution in [-0.4, -0.2) is 98.1 Å². The lowest BCUT2D eigenvalue weighted by molar-refractivity contribution is -0.0757. The summed E-state index contributed by atoms with van der Waals surface area (Å²) in [7, 11) is 0. The second kappa shape index (κ2) is 23.5. The van der Waals surface area contributed by atoms with Gasteiger partial charge in [0.1, 0.15) is 36.1 Å². The minimum Gasteiger partial charge on any atom is -0.487 e. The van der Waals surface area contributed by atoms with Crippen LogP contribution in [0.5, 0.6) is 11.5 Å². The lowest BCUT2D eigenvalue weighted by Gasteiger charge is -2.57. The number of hydrogen-bond acceptors (Lipinski definition) is 13. The Hall–Kier alpha value is -6.64. The highest BCUT2D eigenvalue weighted by molar-refractivity contribution is 7.98. The van der Waals surface area contributed by atoms with E-state index < -0.39 is 12.1 Å². The Kier molecular flexibility index (Phi) is 15.9. The molecule has 2 aromatic heterocycles. The smallest absolute Gasteiger partial charge is 0.278 e. The van der Waals surface area contributed by atoms with E-state index in [0.717, 1.165) is 109 Å². The van der Waals surface area contributed by atoms with Crippen molar-refractivity contribution in [2.75, 3.05) is 36.7 Å². The minimum absolute atomic E-state index is 0. The number of carbonyl (C=O) groups excluding carboxylic acids is 2. The van der Waals surface area contributed by atoms with Gasteiger partial charge in [-0.15, -0.1) is 23.5 Å². The summed E-state index contributed by atoms with van der Waals surface area (Å²) in [6.45, 7) is 6.07. The molecular formula is C67H74F2N6O9S2. The number of fused-ring (bicyclic) bond motifs is 12. The van der Waals surface area contributed by atoms with E-state index in [1.54, 1.807) is 52.7 Å². The number of amides is 2. The van der Waals surface area contributed by atoms with E-state index in [9.17, 15) is 28.7 Å². The number of piperidine rings is 2. The number of halogens is 2. The van der Waals surface area contributed by atoms with E-state index in [4.69, 9.17) is 18.9 Å². The van der Waals surface area contributed by atoms with Gasteiger partial charge in [-0.1, -0.05) is 94.8 Å². The maximum Gasteiger partial charge on any atom is 0.278 e. The number of rotatable bonds is 9. The number of pyridine rings is 2. The molecule has 10 aliphatic heterocycles. The summed E-state index contributed by atoms with van der Waals surface area (Å²) in [6.07, 6.45) is 13.8. The maximum atomic E-state index is 16.2. The van der Waals surface area contributed by atoms with Gasteiger partial charge in [0.2, 0.25) is 10.9 Å². The second-order valence-corrected chi connectivity index (χ2v) is 26.2. The fraction of sp³-hybridized carbons (Fsp3) is 0.463. The maximum absolute atomic E-state index is 16.2. The van der Waals surface area contributed by atoms with Crippen molar-refractivity contribution in [1.82, 2.24) is 19.2 Å². The molecule has 6 aromatic rings. The zero-order valence-corrected chi connectivity index (χ0v) is 49.4. The van der Waals surface area contributed by atoms with E-state index in [2.05, 4.69) is 36.4 Å². The molecular weight excluding hydrogens is 1130 g/mol. The molecule has 10 aliphatic rings. The van der Waals surface area contributed by atoms with Crippen LogP contribution in [0, 0.1) is 23.5 Å². The molecule has 10 atom stereocenters. The molecule has 2 spiro atoms. The third kappa shape index (κ3) is 9.73. The fourth-order valence-electron chi connectivity index (χ4n) is 15.5. The van der Waals surface area contributed by atoms with Crippen molar-refractivity contribution in [3.63, 3.8) is 0 Å². The summed E-state index contributed by atoms with van der Waals surface area (Å²) in [5.74, 6) is 1.03. The molecule has 12 heterocycles. The average Bonchev–Trinajstić information content (AvgIpc) is 1.45. The number of nitrogens with one attached hydrogen (secondary N) is 1. The third-order valence-electron chi connectivity index (χ3n) is 19.5. The zero-order valence-electron chi connectivity index (χ0n) is 47.8. The Morgan fingerprint density at radius 1 is 0.640 bits per heavy atom. The number of benzene rings is 4. The molecule has 2 amide bonds. The van der Waals surface area contributed by atoms with Crippen molar-refractivity contribution in [2.45, 2.75) is 168 Å². The molecule has 4 aromatic carbocycles. The van der Waals surface area contributed by atoms with E-state index in [1.807, 2.05) is 63.0 Å². The average molecular weight is 1210 g/mol. The molecule has 4 bridgehead atoms. The molecule has 2 unspecified atom stereocenters. The molecule has 0 radical (unpaired) electrons. The number of hydrogen-bond donors (Lipinski definition) is 2. The van der Waals surface area contributed by atoms with Gasteiger partial charge in [0.15, 0.2) is 22.9 Å². The molecule has 6 saturated heterocycles. The standard InChI is InChI=1S/C33H34FN3O4S.C19H25N3O4.C14H11FOS.CH4/c1-2-3-17-40-30-25(38)12-15-36-29(30)32(39)35-16-14-33-13-11-21(41-33)18-23(33)31(35)37(36)28-22-8-4-5-10-26(22)42-19-20-7-6-9-24(34)27(20)28;1-2-3-10-25-16-14(23)5-8-22-15(16)18(24)21-9-7-19-6-4-12(26-19)11-13(19)17(21)20-22;15-11-6-3-4-9-8-17-12-7-2-1-5-10(12)14(16)13(9)11;/h4-10,12,15,21,23,28,31H,2-3,11,13-14,16-19H2,1H3;5,8,12-13,17,20H,2-4,6-7,9-11H2,1H3;1-7,14,16H,8H2;1H4/t21-,23+,28?,31+,33-;12-,13+,17-,19-;;/m00../s1. The molecule has 0 saturated carbocycles. The Bertz CT molecular complexity index is 3730. The van der Waals surface area contributed by atoms with Crippen LogP contribution in [0.25, 0.3) is 0 Å². The summed E-state index contributed by atoms with van der Waals surface area (Å²) in [6, 6.07) is 28.5. The zero-order chi connectivity index (χ0) is 58.3. The highest BCUT2D eigenvalue weighted by Crippen LogP contribution is 2.58. The van der Waals surface area contributed by atoms with Crippen LogP contribution in [0.3, 0.4) is 0 Å². The normalized spacial score (nSPS) is 28.0. The first kappa shape index (κ1) is 58.4. The number of nitrogens with zero attached hydrogens (tertiary/aromatic N) is 5. The summed E-state index contributed by atoms with van der Waals surface area (Å²) in [5, 5.41) is 12.5. The number of thioether (sulfide) groups is 2. The second-order valence-electron chi connectivity index (χ2n) is 24.2. The van der Waals surface area contributed by atoms with Gasteiger partial charge in [0, 0.05) is 81.9 Å². The number of aliphatic hydroxyl groups excluding tert-OH is 1. The molecule has 6 fully saturated rings. The van der Waals surface area contributed by atoms with Crippen LogP contribution in [0.2, 0.25) is 0 Å². The monoisotopic (exact) mass is 1210 g/mol. The van der Waals surface area contributed by atoms with E-state index >= 15 is 4.39 Å². The van der Waals surface area contributed by atoms with Crippen molar-refractivity contribution in [3.8, 4) is 11.5 Å². The number of ether oxygens (including phenoxy) is 4. The molecule has 86 heavy (non-hydrogen) atoms. The number of carbonyl (C=O) groups is 2. The molecule has 15 nitrogen and oxygen atoms in total. The van der Waals surface area contributed by atoms with Gasteiger partial charge in [0.25, 0.3) is 11.8 Å². The van der Waals surface area contributed by atoms with Crippen molar-refractivity contribution in [3.05, 3.63) is 186 Å². The molecule has 19 heteroatoms. The van der Waals surface area contributed by atoms with E-state index in [0.29, 0.717) is 66.7 Å². The predicted molar refractivity (Wildman–Crippen MR) is 326 cm³/mol. The van der Waals surface area contributed by atoms with Gasteiger partial charge in [-0.25, -0.2) is 8.78 Å². The highest BCUT2D eigenvalue weighted by atomic mass is 32.2. The summed E-state index contributed by atoms with van der Waals surface area (Å²) < 4.78 is 58.2. The van der Waals surface area contributed by atoms with Gasteiger partial charge >= 0.3 is 0 Å². The minimum atomic E-state index is -0.864. The van der Waals surface area contributed by atoms with E-state index in [1.165, 1.54) is 24.3 Å². The number of unbranched alkanes of at least 4 members (excludes halogenated alkanes) is 2. The van der Waals surface area contributed by atoms with Crippen LogP contribution >= 0.6 is 23.5 Å². The first-order valence-electron chi connectivity index (χ1n) is 30.4. The Morgan fingerprint density at radius 3 is 1.84 bits per heavy atom. The number of aliphatic hydroxyl groups is 1. The Morgan fingerprint density at radius 2 is 1.19 bits per heavy atom. The summed E-state index contributed by atoms with van der Waals surface area (Å²) in [5.41, 5.74) is 7.71. The van der Waals surface area contributed by atoms with Gasteiger partial charge in [-0.05, 0) is 111 Å². The topological polar surface area (TPSA) is 157 Å². The van der Waals surface area contributed by atoms with Crippen molar-refractivity contribution in [2.24, 2.45) is 11.8 Å². The first-order valence-corrected chi connectivity index (χ1v) is 32.3. The molecule has 0 aliphatic carbocycles. The van der Waals surface area contributed by atoms with Crippen LogP contribution in [0.4, 0.5) is 8.78 Å². The highest BCUT2D eigenvalue weighted by Gasteiger charge is 2.64. The van der Waals surface area contributed by atoms with Gasteiger partial charge in [-0.3, -0.25) is 33.5 Å². The molecule has 16 rings (SSSR count). The van der Waals surface area contributed by atoms with Crippen LogP contribution in [0.15, 0.2) is 129 Å². The third-order valence-corrected chi connectivity index (χ3v) is 21.8. The van der Waals surface area contributed by atoms with Gasteiger partial charge in [-0.2, -0.15) is 0 Å². The fourth-order valence-corrected chi connectivity index (χ4v) is 17.6. The van der Waals surface area contributed by atoms with Crippen LogP contribution < -0.4 is 30.8 Å². The number of aromatic nitrogens is 2. The predicted octanol–water partition coefficient (Wildman–Crippen LogP) is 11.5. The van der Waals surface area contributed by atoms with Crippen molar-refractivity contribution < 1.29 is 42.4 Å². The SMILES string of the molecule is C.CCCCOc1c2n(ccc1=O)N(C1c3ccccc3SCc3cccc(F)c31)[C@@H]1[C@H]3C[C@@H]4CC[C@@]3(CCN1C2=O)O4.CCCCOc1c2n(ccc1=O)N[C@@H]1[C@H]3C[C@@H]4CC[C@@]3(CCN1C2=O)O4.OC1c2ccccc2SCc2cccc(F)c21. The largest absolute Gasteiger partial charge is 0.487 e. The Balaban J connectivity index is 0.000000132. The summed E-state index contributed by atoms with van der Waals surface area (Å²) >= 11 is 3.34. The summed E-state index contributed by atoms with van der Waals surface area (Å²) in [4.78, 5) is 59.2. The quantitative estimate of drug-likeness (QED) is 0.132. The van der Waals surface area contributed by atoms with Crippen LogP contribution in [-0.2, 0) is 21.0 Å². The first-order chi connectivity index (χ1) is 41.4. The molecule has 452 valence electrons. The Labute approximate surface area is 508 Å². The van der Waals surface area contributed by atoms with Gasteiger partial charge in [0.05, 0.1) is 36.6 Å². The lowest BCUT2D eigenvalue weighted by Crippen LogP contribution is -2.70.